The van der Waals surface area contributed by atoms with E-state index in [1.54, 1.807) is 18.2 Å². The predicted octanol–water partition coefficient (Wildman–Crippen LogP) is 1.64. The molecule has 1 aliphatic rings. The average Bonchev–Trinajstić information content (AvgIpc) is 2.38. The third-order valence-corrected chi connectivity index (χ3v) is 2.64. The van der Waals surface area contributed by atoms with Gasteiger partial charge in [-0.25, -0.2) is 9.59 Å². The van der Waals surface area contributed by atoms with Crippen LogP contribution in [-0.2, 0) is 9.47 Å². The Kier molecular flexibility index (Phi) is 3.27. The number of cyclic esters (lactones) is 1. The van der Waals surface area contributed by atoms with E-state index in [-0.39, 0.29) is 12.0 Å². The van der Waals surface area contributed by atoms with Crippen LogP contribution in [0.15, 0.2) is 24.3 Å². The number of esters is 1. The molecular weight excluding hydrogens is 222 g/mol. The van der Waals surface area contributed by atoms with E-state index in [4.69, 9.17) is 4.74 Å². The van der Waals surface area contributed by atoms with Crippen molar-refractivity contribution in [3.05, 3.63) is 35.4 Å². The Hall–Kier alpha value is -2.04. The lowest BCUT2D eigenvalue weighted by Gasteiger charge is -2.23. The molecule has 1 fully saturated rings. The van der Waals surface area contributed by atoms with Gasteiger partial charge < -0.3 is 14.8 Å². The zero-order chi connectivity index (χ0) is 12.3. The van der Waals surface area contributed by atoms with Gasteiger partial charge in [0.1, 0.15) is 0 Å². The fourth-order valence-corrected chi connectivity index (χ4v) is 1.78. The van der Waals surface area contributed by atoms with Crippen LogP contribution in [0.2, 0.25) is 0 Å². The minimum Gasteiger partial charge on any atom is -0.465 e. The molecule has 1 heterocycles. The molecule has 90 valence electrons. The maximum Gasteiger partial charge on any atom is 0.407 e. The first-order chi connectivity index (χ1) is 8.20. The van der Waals surface area contributed by atoms with E-state index >= 15 is 0 Å². The summed E-state index contributed by atoms with van der Waals surface area (Å²) < 4.78 is 9.44. The number of ether oxygens (including phenoxy) is 2. The second-order valence-corrected chi connectivity index (χ2v) is 3.74. The number of methoxy groups -OCH3 is 1. The maximum absolute atomic E-state index is 11.4. The van der Waals surface area contributed by atoms with Gasteiger partial charge in [-0.15, -0.1) is 0 Å². The number of alkyl carbamates (subject to hydrolysis) is 1. The molecule has 17 heavy (non-hydrogen) atoms. The van der Waals surface area contributed by atoms with Gasteiger partial charge in [-0.2, -0.15) is 0 Å². The fourth-order valence-electron chi connectivity index (χ4n) is 1.78. The molecule has 5 nitrogen and oxygen atoms in total. The highest BCUT2D eigenvalue weighted by Crippen LogP contribution is 2.21. The summed E-state index contributed by atoms with van der Waals surface area (Å²) in [5, 5.41) is 2.70. The smallest absolute Gasteiger partial charge is 0.407 e. The third kappa shape index (κ3) is 2.55. The van der Waals surface area contributed by atoms with Gasteiger partial charge in [0.2, 0.25) is 0 Å². The van der Waals surface area contributed by atoms with Crippen molar-refractivity contribution in [1.29, 1.82) is 0 Å². The van der Waals surface area contributed by atoms with Crippen LogP contribution < -0.4 is 5.32 Å². The van der Waals surface area contributed by atoms with Crippen molar-refractivity contribution in [3.8, 4) is 0 Å². The largest absolute Gasteiger partial charge is 0.465 e. The van der Waals surface area contributed by atoms with E-state index in [1.165, 1.54) is 7.11 Å². The van der Waals surface area contributed by atoms with E-state index in [2.05, 4.69) is 10.1 Å². The molecule has 1 atom stereocenters. The normalized spacial score (nSPS) is 19.1. The highest BCUT2D eigenvalue weighted by molar-refractivity contribution is 5.89. The van der Waals surface area contributed by atoms with Gasteiger partial charge in [0.15, 0.2) is 0 Å². The standard InChI is InChI=1S/C12H13NO4/c1-16-11(14)9-4-2-3-8(7-9)10-5-6-17-12(15)13-10/h2-4,7,10H,5-6H2,1H3,(H,13,15)/t10-/m0/s1. The quantitative estimate of drug-likeness (QED) is 0.791. The second kappa shape index (κ2) is 4.86. The van der Waals surface area contributed by atoms with Crippen LogP contribution in [0.3, 0.4) is 0 Å². The second-order valence-electron chi connectivity index (χ2n) is 3.74. The topological polar surface area (TPSA) is 64.6 Å². The van der Waals surface area contributed by atoms with E-state index in [0.717, 1.165) is 5.56 Å². The molecule has 1 aromatic rings. The molecule has 5 heteroatoms. The average molecular weight is 235 g/mol. The number of carbonyl (C=O) groups excluding carboxylic acids is 2. The Balaban J connectivity index is 2.20. The van der Waals surface area contributed by atoms with Gasteiger partial charge >= 0.3 is 12.1 Å². The van der Waals surface area contributed by atoms with Crippen molar-refractivity contribution >= 4 is 12.1 Å². The lowest BCUT2D eigenvalue weighted by molar-refractivity contribution is 0.0600. The van der Waals surface area contributed by atoms with Crippen LogP contribution >= 0.6 is 0 Å². The number of hydrogen-bond acceptors (Lipinski definition) is 4. The van der Waals surface area contributed by atoms with Crippen LogP contribution in [0.1, 0.15) is 28.4 Å². The van der Waals surface area contributed by atoms with E-state index in [1.807, 2.05) is 6.07 Å². The van der Waals surface area contributed by atoms with Gasteiger partial charge in [0.25, 0.3) is 0 Å². The minimum atomic E-state index is -0.426. The molecule has 0 radical (unpaired) electrons. The van der Waals surface area contributed by atoms with Crippen LogP contribution in [0, 0.1) is 0 Å². The van der Waals surface area contributed by atoms with Crippen molar-refractivity contribution in [2.75, 3.05) is 13.7 Å². The number of carbonyl (C=O) groups is 2. The fraction of sp³-hybridized carbons (Fsp3) is 0.333. The molecule has 0 bridgehead atoms. The van der Waals surface area contributed by atoms with Gasteiger partial charge in [-0.3, -0.25) is 0 Å². The summed E-state index contributed by atoms with van der Waals surface area (Å²) in [6.45, 7) is 0.388. The lowest BCUT2D eigenvalue weighted by Crippen LogP contribution is -2.35. The molecule has 2 rings (SSSR count). The van der Waals surface area contributed by atoms with Crippen molar-refractivity contribution in [2.24, 2.45) is 0 Å². The highest BCUT2D eigenvalue weighted by atomic mass is 16.6. The number of amides is 1. The van der Waals surface area contributed by atoms with Gasteiger partial charge in [0.05, 0.1) is 25.3 Å². The first kappa shape index (κ1) is 11.4. The lowest BCUT2D eigenvalue weighted by atomic mass is 10.0. The molecule has 0 saturated carbocycles. The monoisotopic (exact) mass is 235 g/mol. The molecular formula is C12H13NO4. The van der Waals surface area contributed by atoms with Crippen molar-refractivity contribution in [2.45, 2.75) is 12.5 Å². The Morgan fingerprint density at radius 2 is 2.35 bits per heavy atom. The number of nitrogens with one attached hydrogen (secondary N) is 1. The zero-order valence-electron chi connectivity index (χ0n) is 9.43. The minimum absolute atomic E-state index is 0.110. The number of rotatable bonds is 2. The van der Waals surface area contributed by atoms with Crippen LogP contribution in [-0.4, -0.2) is 25.8 Å². The Morgan fingerprint density at radius 3 is 3.06 bits per heavy atom. The first-order valence-electron chi connectivity index (χ1n) is 5.32. The molecule has 1 aromatic carbocycles. The van der Waals surface area contributed by atoms with Crippen LogP contribution in [0.5, 0.6) is 0 Å². The van der Waals surface area contributed by atoms with Gasteiger partial charge in [-0.1, -0.05) is 12.1 Å². The van der Waals surface area contributed by atoms with Crippen molar-refractivity contribution < 1.29 is 19.1 Å². The zero-order valence-corrected chi connectivity index (χ0v) is 9.43. The van der Waals surface area contributed by atoms with E-state index in [0.29, 0.717) is 18.6 Å². The number of hydrogen-bond donors (Lipinski definition) is 1. The Labute approximate surface area is 98.7 Å². The molecule has 0 aliphatic carbocycles. The summed E-state index contributed by atoms with van der Waals surface area (Å²) in [6.07, 6.45) is 0.265. The summed E-state index contributed by atoms with van der Waals surface area (Å²) in [7, 11) is 1.34. The van der Waals surface area contributed by atoms with E-state index < -0.39 is 6.09 Å². The van der Waals surface area contributed by atoms with Gasteiger partial charge in [-0.05, 0) is 17.7 Å². The molecule has 0 aromatic heterocycles. The number of benzene rings is 1. The molecule has 1 saturated heterocycles. The summed E-state index contributed by atoms with van der Waals surface area (Å²) in [5.41, 5.74) is 1.36. The first-order valence-corrected chi connectivity index (χ1v) is 5.32. The molecule has 0 unspecified atom stereocenters. The summed E-state index contributed by atoms with van der Waals surface area (Å²) >= 11 is 0. The molecule has 1 amide bonds. The highest BCUT2D eigenvalue weighted by Gasteiger charge is 2.21. The van der Waals surface area contributed by atoms with Gasteiger partial charge in [0, 0.05) is 6.42 Å². The van der Waals surface area contributed by atoms with Crippen molar-refractivity contribution in [3.63, 3.8) is 0 Å². The summed E-state index contributed by atoms with van der Waals surface area (Å²) in [6, 6.07) is 6.92. The summed E-state index contributed by atoms with van der Waals surface area (Å²) in [5.74, 6) is -0.384. The third-order valence-electron chi connectivity index (χ3n) is 2.64. The Bertz CT molecular complexity index is 444. The molecule has 1 aliphatic heterocycles. The molecule has 0 spiro atoms. The van der Waals surface area contributed by atoms with Crippen molar-refractivity contribution in [1.82, 2.24) is 5.32 Å². The predicted molar refractivity (Wildman–Crippen MR) is 59.6 cm³/mol. The van der Waals surface area contributed by atoms with Crippen LogP contribution in [0.4, 0.5) is 4.79 Å². The van der Waals surface area contributed by atoms with Crippen LogP contribution in [0.25, 0.3) is 0 Å². The maximum atomic E-state index is 11.4. The summed E-state index contributed by atoms with van der Waals surface area (Å²) in [4.78, 5) is 22.5. The van der Waals surface area contributed by atoms with E-state index in [9.17, 15) is 9.59 Å². The molecule has 1 N–H and O–H groups in total. The Morgan fingerprint density at radius 1 is 1.53 bits per heavy atom. The SMILES string of the molecule is COC(=O)c1cccc([C@@H]2CCOC(=O)N2)c1.